The van der Waals surface area contributed by atoms with Crippen LogP contribution in [0.2, 0.25) is 6.82 Å². The third kappa shape index (κ3) is 2.21. The molecule has 15 heavy (non-hydrogen) atoms. The highest BCUT2D eigenvalue weighted by molar-refractivity contribution is 6.67. The maximum atomic E-state index is 10.8. The first-order valence-corrected chi connectivity index (χ1v) is 5.03. The molecule has 1 aliphatic rings. The second-order valence-electron chi connectivity index (χ2n) is 3.80. The highest BCUT2D eigenvalue weighted by atomic mass is 16.5. The molecule has 0 radical (unpaired) electrons. The number of carbonyl (C=O) groups is 1. The van der Waals surface area contributed by atoms with Gasteiger partial charge in [-0.2, -0.15) is 0 Å². The second kappa shape index (κ2) is 4.07. The Morgan fingerprint density at radius 1 is 1.60 bits per heavy atom. The predicted octanol–water partition coefficient (Wildman–Crippen LogP) is 1.01. The largest absolute Gasteiger partial charge is 0.486 e. The van der Waals surface area contributed by atoms with Crippen molar-refractivity contribution in [3.8, 4) is 5.75 Å². The molecule has 0 N–H and O–H groups in total. The molecule has 0 bridgehead atoms. The van der Waals surface area contributed by atoms with E-state index in [0.29, 0.717) is 6.61 Å². The third-order valence-electron chi connectivity index (χ3n) is 2.48. The molecule has 1 aromatic carbocycles. The maximum Gasteiger partial charge on any atom is 0.324 e. The minimum Gasteiger partial charge on any atom is -0.486 e. The average molecular weight is 204 g/mol. The Morgan fingerprint density at radius 2 is 2.40 bits per heavy atom. The topological polar surface area (TPSA) is 35.5 Å². The van der Waals surface area contributed by atoms with Gasteiger partial charge in [-0.05, 0) is 30.1 Å². The SMILES string of the molecule is CB1OCc2cc(OCC(C)=O)ccc21. The van der Waals surface area contributed by atoms with Crippen molar-refractivity contribution in [2.45, 2.75) is 20.4 Å². The lowest BCUT2D eigenvalue weighted by atomic mass is 9.64. The Bertz CT molecular complexity index is 389. The fourth-order valence-electron chi connectivity index (χ4n) is 1.68. The zero-order valence-corrected chi connectivity index (χ0v) is 8.95. The molecule has 2 rings (SSSR count). The van der Waals surface area contributed by atoms with E-state index in [0.717, 1.165) is 11.3 Å². The Kier molecular flexibility index (Phi) is 2.78. The lowest BCUT2D eigenvalue weighted by Gasteiger charge is -2.05. The van der Waals surface area contributed by atoms with E-state index in [-0.39, 0.29) is 19.3 Å². The zero-order chi connectivity index (χ0) is 10.8. The highest BCUT2D eigenvalue weighted by Gasteiger charge is 2.23. The van der Waals surface area contributed by atoms with E-state index >= 15 is 0 Å². The minimum absolute atomic E-state index is 0.0279. The van der Waals surface area contributed by atoms with Gasteiger partial charge in [0.1, 0.15) is 12.4 Å². The number of benzene rings is 1. The predicted molar refractivity (Wildman–Crippen MR) is 58.7 cm³/mol. The summed E-state index contributed by atoms with van der Waals surface area (Å²) in [5.41, 5.74) is 2.37. The zero-order valence-electron chi connectivity index (χ0n) is 8.95. The van der Waals surface area contributed by atoms with Gasteiger partial charge in [0.15, 0.2) is 5.78 Å². The Labute approximate surface area is 89.5 Å². The van der Waals surface area contributed by atoms with Crippen molar-refractivity contribution in [3.63, 3.8) is 0 Å². The molecular weight excluding hydrogens is 191 g/mol. The van der Waals surface area contributed by atoms with Crippen LogP contribution in [-0.4, -0.2) is 19.3 Å². The normalized spacial score (nSPS) is 13.9. The number of fused-ring (bicyclic) bond motifs is 1. The lowest BCUT2D eigenvalue weighted by Crippen LogP contribution is -2.23. The van der Waals surface area contributed by atoms with Crippen molar-refractivity contribution >= 4 is 18.2 Å². The Morgan fingerprint density at radius 3 is 3.13 bits per heavy atom. The van der Waals surface area contributed by atoms with Crippen molar-refractivity contribution in [1.29, 1.82) is 0 Å². The van der Waals surface area contributed by atoms with Gasteiger partial charge in [-0.15, -0.1) is 0 Å². The summed E-state index contributed by atoms with van der Waals surface area (Å²) in [5, 5.41) is 0. The van der Waals surface area contributed by atoms with Crippen LogP contribution in [0.1, 0.15) is 12.5 Å². The summed E-state index contributed by atoms with van der Waals surface area (Å²) in [6.07, 6.45) is 0. The first kappa shape index (κ1) is 10.2. The highest BCUT2D eigenvalue weighted by Crippen LogP contribution is 2.17. The summed E-state index contributed by atoms with van der Waals surface area (Å²) in [4.78, 5) is 10.8. The molecule has 1 heterocycles. The van der Waals surface area contributed by atoms with Crippen molar-refractivity contribution < 1.29 is 14.2 Å². The van der Waals surface area contributed by atoms with Gasteiger partial charge in [0.05, 0.1) is 6.61 Å². The first-order chi connectivity index (χ1) is 7.16. The van der Waals surface area contributed by atoms with Crippen molar-refractivity contribution in [3.05, 3.63) is 23.8 Å². The first-order valence-electron chi connectivity index (χ1n) is 5.03. The van der Waals surface area contributed by atoms with Crippen LogP contribution in [0.3, 0.4) is 0 Å². The fraction of sp³-hybridized carbons (Fsp3) is 0.364. The van der Waals surface area contributed by atoms with E-state index in [1.165, 1.54) is 12.4 Å². The molecule has 0 amide bonds. The number of carbonyl (C=O) groups excluding carboxylic acids is 1. The van der Waals surface area contributed by atoms with Crippen LogP contribution in [0.25, 0.3) is 0 Å². The number of hydrogen-bond donors (Lipinski definition) is 0. The molecule has 0 saturated heterocycles. The third-order valence-corrected chi connectivity index (χ3v) is 2.48. The summed E-state index contributed by atoms with van der Waals surface area (Å²) < 4.78 is 10.8. The fourth-order valence-corrected chi connectivity index (χ4v) is 1.68. The summed E-state index contributed by atoms with van der Waals surface area (Å²) >= 11 is 0. The van der Waals surface area contributed by atoms with Gasteiger partial charge in [-0.25, -0.2) is 0 Å². The second-order valence-corrected chi connectivity index (χ2v) is 3.80. The van der Waals surface area contributed by atoms with Crippen molar-refractivity contribution in [2.24, 2.45) is 0 Å². The van der Waals surface area contributed by atoms with Crippen LogP contribution in [0.4, 0.5) is 0 Å². The molecule has 0 unspecified atom stereocenters. The number of ketones is 1. The van der Waals surface area contributed by atoms with E-state index in [1.54, 1.807) is 0 Å². The molecule has 0 spiro atoms. The van der Waals surface area contributed by atoms with Crippen LogP contribution in [0.5, 0.6) is 5.75 Å². The monoisotopic (exact) mass is 204 g/mol. The standard InChI is InChI=1S/C11H13BO3/c1-8(13)6-14-10-3-4-11-9(5-10)7-15-12(11)2/h3-5H,6-7H2,1-2H3. The number of rotatable bonds is 3. The molecular formula is C11H13BO3. The van der Waals surface area contributed by atoms with E-state index < -0.39 is 0 Å². The van der Waals surface area contributed by atoms with Gasteiger partial charge in [-0.3, -0.25) is 4.79 Å². The summed E-state index contributed by atoms with van der Waals surface area (Å²) in [5.74, 6) is 0.766. The molecule has 0 saturated carbocycles. The van der Waals surface area contributed by atoms with E-state index in [4.69, 9.17) is 9.39 Å². The Balaban J connectivity index is 2.12. The molecule has 0 aromatic heterocycles. The molecule has 3 nitrogen and oxygen atoms in total. The molecule has 1 aromatic rings. The average Bonchev–Trinajstić information content (AvgIpc) is 2.57. The minimum atomic E-state index is 0.0279. The quantitative estimate of drug-likeness (QED) is 0.689. The molecule has 4 heteroatoms. The molecule has 78 valence electrons. The summed E-state index contributed by atoms with van der Waals surface area (Å²) in [6, 6.07) is 5.83. The molecule has 1 aliphatic heterocycles. The summed E-state index contributed by atoms with van der Waals surface area (Å²) in [6.45, 7) is 4.48. The number of ether oxygens (including phenoxy) is 1. The van der Waals surface area contributed by atoms with Crippen LogP contribution in [-0.2, 0) is 16.1 Å². The number of Topliss-reactive ketones (excluding diaryl/α,β-unsaturated/α-hetero) is 1. The van der Waals surface area contributed by atoms with Crippen molar-refractivity contribution in [2.75, 3.05) is 6.61 Å². The smallest absolute Gasteiger partial charge is 0.324 e. The van der Waals surface area contributed by atoms with Crippen LogP contribution in [0, 0.1) is 0 Å². The lowest BCUT2D eigenvalue weighted by molar-refractivity contribution is -0.118. The Hall–Kier alpha value is -1.29. The van der Waals surface area contributed by atoms with Gasteiger partial charge in [0.2, 0.25) is 0 Å². The molecule has 0 atom stereocenters. The van der Waals surface area contributed by atoms with Gasteiger partial charge in [0, 0.05) is 0 Å². The van der Waals surface area contributed by atoms with Gasteiger partial charge in [0.25, 0.3) is 0 Å². The maximum absolute atomic E-state index is 10.8. The number of hydrogen-bond acceptors (Lipinski definition) is 3. The van der Waals surface area contributed by atoms with Crippen LogP contribution >= 0.6 is 0 Å². The molecule has 0 aliphatic carbocycles. The van der Waals surface area contributed by atoms with E-state index in [2.05, 4.69) is 0 Å². The van der Waals surface area contributed by atoms with Gasteiger partial charge >= 0.3 is 6.92 Å². The van der Waals surface area contributed by atoms with Gasteiger partial charge < -0.3 is 9.39 Å². The van der Waals surface area contributed by atoms with Crippen LogP contribution < -0.4 is 10.2 Å². The summed E-state index contributed by atoms with van der Waals surface area (Å²) in [7, 11) is 0. The van der Waals surface area contributed by atoms with E-state index in [1.807, 2.05) is 25.0 Å². The van der Waals surface area contributed by atoms with Gasteiger partial charge in [-0.1, -0.05) is 12.9 Å². The van der Waals surface area contributed by atoms with Crippen LogP contribution in [0.15, 0.2) is 18.2 Å². The van der Waals surface area contributed by atoms with E-state index in [9.17, 15) is 4.79 Å². The molecule has 0 fully saturated rings. The van der Waals surface area contributed by atoms with Crippen molar-refractivity contribution in [1.82, 2.24) is 0 Å².